The molecule has 0 aromatic rings. The second-order valence-electron chi connectivity index (χ2n) is 3.84. The summed E-state index contributed by atoms with van der Waals surface area (Å²) in [4.78, 5) is 13.5. The molecule has 4 nitrogen and oxygen atoms in total. The van der Waals surface area contributed by atoms with Gasteiger partial charge in [-0.05, 0) is 20.3 Å². The van der Waals surface area contributed by atoms with E-state index >= 15 is 0 Å². The van der Waals surface area contributed by atoms with Crippen LogP contribution in [0.4, 0.5) is 0 Å². The summed E-state index contributed by atoms with van der Waals surface area (Å²) in [6.07, 6.45) is 1.54. The van der Waals surface area contributed by atoms with E-state index in [0.29, 0.717) is 25.7 Å². The number of carbonyl (C=O) groups excluding carboxylic acids is 1. The van der Waals surface area contributed by atoms with Gasteiger partial charge >= 0.3 is 5.97 Å². The lowest BCUT2D eigenvalue weighted by molar-refractivity contribution is -0.143. The van der Waals surface area contributed by atoms with Crippen LogP contribution in [0, 0.1) is 0 Å². The van der Waals surface area contributed by atoms with Crippen LogP contribution >= 0.6 is 0 Å². The summed E-state index contributed by atoms with van der Waals surface area (Å²) in [5.74, 6) is -0.117. The van der Waals surface area contributed by atoms with Crippen LogP contribution in [0.5, 0.6) is 0 Å². The van der Waals surface area contributed by atoms with Crippen LogP contribution in [0.1, 0.15) is 33.6 Å². The van der Waals surface area contributed by atoms with Crippen LogP contribution in [0.3, 0.4) is 0 Å². The molecule has 0 saturated heterocycles. The zero-order valence-corrected chi connectivity index (χ0v) is 11.0. The highest BCUT2D eigenvalue weighted by Crippen LogP contribution is 2.04. The fraction of sp³-hybridized carbons (Fsp3) is 0.917. The number of ether oxygens (including phenoxy) is 2. The van der Waals surface area contributed by atoms with Gasteiger partial charge in [0.2, 0.25) is 0 Å². The monoisotopic (exact) mass is 231 g/mol. The number of rotatable bonds is 9. The highest BCUT2D eigenvalue weighted by molar-refractivity contribution is 5.69. The van der Waals surface area contributed by atoms with Crippen molar-refractivity contribution in [3.8, 4) is 0 Å². The molecule has 0 amide bonds. The summed E-state index contributed by atoms with van der Waals surface area (Å²) in [6, 6.07) is 0.476. The van der Waals surface area contributed by atoms with E-state index in [9.17, 15) is 4.79 Å². The fourth-order valence-electron chi connectivity index (χ4n) is 1.49. The standard InChI is InChI=1S/C12H25NO3/c1-5-11(3)13(9-10-15-4)8-7-12(14)16-6-2/h11H,5-10H2,1-4H3. The second kappa shape index (κ2) is 9.60. The quantitative estimate of drug-likeness (QED) is 0.566. The molecule has 0 aliphatic rings. The van der Waals surface area contributed by atoms with Gasteiger partial charge in [0, 0.05) is 26.2 Å². The summed E-state index contributed by atoms with van der Waals surface area (Å²) < 4.78 is 9.98. The normalized spacial score (nSPS) is 12.8. The van der Waals surface area contributed by atoms with Gasteiger partial charge in [-0.15, -0.1) is 0 Å². The topological polar surface area (TPSA) is 38.8 Å². The average Bonchev–Trinajstić information content (AvgIpc) is 2.28. The molecule has 0 aromatic carbocycles. The molecule has 0 aromatic heterocycles. The van der Waals surface area contributed by atoms with Crippen molar-refractivity contribution in [3.05, 3.63) is 0 Å². The summed E-state index contributed by atoms with van der Waals surface area (Å²) >= 11 is 0. The van der Waals surface area contributed by atoms with E-state index in [0.717, 1.165) is 19.5 Å². The first-order chi connectivity index (χ1) is 7.65. The van der Waals surface area contributed by atoms with E-state index in [2.05, 4.69) is 18.7 Å². The minimum atomic E-state index is -0.117. The molecule has 1 unspecified atom stereocenters. The predicted molar refractivity (Wildman–Crippen MR) is 64.5 cm³/mol. The number of methoxy groups -OCH3 is 1. The Morgan fingerprint density at radius 2 is 2.00 bits per heavy atom. The first-order valence-electron chi connectivity index (χ1n) is 6.04. The Balaban J connectivity index is 3.95. The maximum absolute atomic E-state index is 11.3. The molecule has 4 heteroatoms. The molecular weight excluding hydrogens is 206 g/mol. The van der Waals surface area contributed by atoms with Crippen LogP contribution in [0.25, 0.3) is 0 Å². The van der Waals surface area contributed by atoms with Crippen molar-refractivity contribution >= 4 is 5.97 Å². The zero-order valence-electron chi connectivity index (χ0n) is 11.0. The molecule has 0 bridgehead atoms. The van der Waals surface area contributed by atoms with Crippen LogP contribution in [-0.2, 0) is 14.3 Å². The molecule has 96 valence electrons. The molecule has 0 radical (unpaired) electrons. The van der Waals surface area contributed by atoms with E-state index in [4.69, 9.17) is 9.47 Å². The Hall–Kier alpha value is -0.610. The van der Waals surface area contributed by atoms with Crippen LogP contribution in [0.2, 0.25) is 0 Å². The third-order valence-electron chi connectivity index (χ3n) is 2.71. The second-order valence-corrected chi connectivity index (χ2v) is 3.84. The van der Waals surface area contributed by atoms with Crippen LogP contribution in [0.15, 0.2) is 0 Å². The highest BCUT2D eigenvalue weighted by Gasteiger charge is 2.13. The molecule has 0 N–H and O–H groups in total. The molecule has 0 aliphatic heterocycles. The number of esters is 1. The summed E-state index contributed by atoms with van der Waals surface area (Å²) in [5, 5.41) is 0. The smallest absolute Gasteiger partial charge is 0.307 e. The van der Waals surface area contributed by atoms with Crippen molar-refractivity contribution in [2.75, 3.05) is 33.4 Å². The van der Waals surface area contributed by atoms with Crippen LogP contribution < -0.4 is 0 Å². The van der Waals surface area contributed by atoms with Crippen LogP contribution in [-0.4, -0.2) is 50.3 Å². The van der Waals surface area contributed by atoms with Crippen molar-refractivity contribution in [1.82, 2.24) is 4.90 Å². The largest absolute Gasteiger partial charge is 0.466 e. The summed E-state index contributed by atoms with van der Waals surface area (Å²) in [7, 11) is 1.69. The molecule has 0 spiro atoms. The maximum atomic E-state index is 11.3. The molecule has 0 saturated carbocycles. The van der Waals surface area contributed by atoms with Crippen molar-refractivity contribution in [2.45, 2.75) is 39.7 Å². The third kappa shape index (κ3) is 6.80. The molecule has 1 atom stereocenters. The number of hydrogen-bond donors (Lipinski definition) is 0. The van der Waals surface area contributed by atoms with Gasteiger partial charge in [-0.25, -0.2) is 0 Å². The van der Waals surface area contributed by atoms with Gasteiger partial charge in [0.1, 0.15) is 0 Å². The number of hydrogen-bond acceptors (Lipinski definition) is 4. The summed E-state index contributed by atoms with van der Waals surface area (Å²) in [5.41, 5.74) is 0. The molecule has 0 aliphatic carbocycles. The van der Waals surface area contributed by atoms with Crippen molar-refractivity contribution in [3.63, 3.8) is 0 Å². The van der Waals surface area contributed by atoms with E-state index in [1.54, 1.807) is 7.11 Å². The van der Waals surface area contributed by atoms with Gasteiger partial charge in [-0.1, -0.05) is 6.92 Å². The van der Waals surface area contributed by atoms with E-state index in [-0.39, 0.29) is 5.97 Å². The van der Waals surface area contributed by atoms with E-state index in [1.807, 2.05) is 6.92 Å². The van der Waals surface area contributed by atoms with Gasteiger partial charge in [0.25, 0.3) is 0 Å². The predicted octanol–water partition coefficient (Wildman–Crippen LogP) is 1.69. The molecule has 0 fully saturated rings. The minimum absolute atomic E-state index is 0.117. The number of nitrogens with zero attached hydrogens (tertiary/aromatic N) is 1. The van der Waals surface area contributed by atoms with Gasteiger partial charge in [0.05, 0.1) is 19.6 Å². The third-order valence-corrected chi connectivity index (χ3v) is 2.71. The molecular formula is C12H25NO3. The first-order valence-corrected chi connectivity index (χ1v) is 6.04. The Bertz CT molecular complexity index is 185. The molecule has 0 rings (SSSR count). The van der Waals surface area contributed by atoms with E-state index < -0.39 is 0 Å². The Morgan fingerprint density at radius 3 is 2.50 bits per heavy atom. The van der Waals surface area contributed by atoms with Crippen molar-refractivity contribution in [1.29, 1.82) is 0 Å². The Morgan fingerprint density at radius 1 is 1.31 bits per heavy atom. The van der Waals surface area contributed by atoms with Gasteiger partial charge < -0.3 is 9.47 Å². The molecule has 0 heterocycles. The maximum Gasteiger partial charge on any atom is 0.307 e. The molecule has 16 heavy (non-hydrogen) atoms. The fourth-order valence-corrected chi connectivity index (χ4v) is 1.49. The summed E-state index contributed by atoms with van der Waals surface area (Å²) in [6.45, 7) is 8.92. The zero-order chi connectivity index (χ0) is 12.4. The van der Waals surface area contributed by atoms with Crippen molar-refractivity contribution in [2.24, 2.45) is 0 Å². The lowest BCUT2D eigenvalue weighted by atomic mass is 10.2. The van der Waals surface area contributed by atoms with Gasteiger partial charge in [-0.3, -0.25) is 9.69 Å². The Labute approximate surface area is 98.9 Å². The lowest BCUT2D eigenvalue weighted by Gasteiger charge is -2.27. The average molecular weight is 231 g/mol. The number of carbonyl (C=O) groups is 1. The van der Waals surface area contributed by atoms with Crippen molar-refractivity contribution < 1.29 is 14.3 Å². The highest BCUT2D eigenvalue weighted by atomic mass is 16.5. The minimum Gasteiger partial charge on any atom is -0.466 e. The van der Waals surface area contributed by atoms with E-state index in [1.165, 1.54) is 0 Å². The first kappa shape index (κ1) is 15.4. The Kier molecular flexibility index (Phi) is 9.24. The lowest BCUT2D eigenvalue weighted by Crippen LogP contribution is -2.37. The van der Waals surface area contributed by atoms with Gasteiger partial charge in [-0.2, -0.15) is 0 Å². The SMILES string of the molecule is CCOC(=O)CCN(CCOC)C(C)CC. The van der Waals surface area contributed by atoms with Gasteiger partial charge in [0.15, 0.2) is 0 Å².